The van der Waals surface area contributed by atoms with Gasteiger partial charge in [0.25, 0.3) is 0 Å². The molecule has 0 aliphatic carbocycles. The molecular formula is C29H34ClN3O5S. The van der Waals surface area contributed by atoms with E-state index in [4.69, 9.17) is 16.3 Å². The Morgan fingerprint density at radius 2 is 1.56 bits per heavy atom. The first kappa shape index (κ1) is 30.0. The molecule has 3 aromatic carbocycles. The average molecular weight is 572 g/mol. The highest BCUT2D eigenvalue weighted by Crippen LogP contribution is 2.30. The second kappa shape index (κ2) is 14.0. The number of amides is 2. The number of benzene rings is 3. The van der Waals surface area contributed by atoms with Gasteiger partial charge in [-0.2, -0.15) is 0 Å². The molecule has 2 amide bonds. The van der Waals surface area contributed by atoms with Crippen LogP contribution in [0.15, 0.2) is 78.9 Å². The highest BCUT2D eigenvalue weighted by atomic mass is 35.5. The second-order valence-corrected chi connectivity index (χ2v) is 11.3. The van der Waals surface area contributed by atoms with E-state index < -0.39 is 28.5 Å². The van der Waals surface area contributed by atoms with Gasteiger partial charge in [0.15, 0.2) is 0 Å². The quantitative estimate of drug-likeness (QED) is 0.330. The van der Waals surface area contributed by atoms with E-state index in [-0.39, 0.29) is 24.6 Å². The number of likely N-dealkylation sites (N-methyl/N-ethyl adjacent to an activating group) is 1. The summed E-state index contributed by atoms with van der Waals surface area (Å²) in [5.41, 5.74) is 1.86. The molecule has 0 saturated carbocycles. The van der Waals surface area contributed by atoms with Gasteiger partial charge in [0.05, 0.1) is 18.6 Å². The number of rotatable bonds is 13. The van der Waals surface area contributed by atoms with Crippen molar-refractivity contribution in [1.29, 1.82) is 0 Å². The van der Waals surface area contributed by atoms with Gasteiger partial charge in [-0.25, -0.2) is 8.42 Å². The molecule has 3 aromatic rings. The summed E-state index contributed by atoms with van der Waals surface area (Å²) in [6.07, 6.45) is 1.29. The average Bonchev–Trinajstić information content (AvgIpc) is 2.91. The van der Waals surface area contributed by atoms with Gasteiger partial charge >= 0.3 is 0 Å². The Labute approximate surface area is 235 Å². The van der Waals surface area contributed by atoms with E-state index in [9.17, 15) is 18.0 Å². The van der Waals surface area contributed by atoms with Crippen molar-refractivity contribution in [3.05, 3.63) is 95.0 Å². The summed E-state index contributed by atoms with van der Waals surface area (Å²) in [6, 6.07) is 22.1. The lowest BCUT2D eigenvalue weighted by Gasteiger charge is -2.33. The molecule has 0 aromatic heterocycles. The fourth-order valence-corrected chi connectivity index (χ4v) is 5.15. The van der Waals surface area contributed by atoms with Crippen molar-refractivity contribution in [1.82, 2.24) is 10.2 Å². The first-order valence-electron chi connectivity index (χ1n) is 12.7. The number of ether oxygens (including phenoxy) is 1. The fourth-order valence-electron chi connectivity index (χ4n) is 4.17. The Kier molecular flexibility index (Phi) is 10.8. The van der Waals surface area contributed by atoms with Crippen LogP contribution in [0.25, 0.3) is 0 Å². The van der Waals surface area contributed by atoms with Crippen molar-refractivity contribution in [2.24, 2.45) is 0 Å². The molecular weight excluding hydrogens is 538 g/mol. The summed E-state index contributed by atoms with van der Waals surface area (Å²) < 4.78 is 32.6. The van der Waals surface area contributed by atoms with Crippen molar-refractivity contribution in [2.45, 2.75) is 32.9 Å². The third-order valence-electron chi connectivity index (χ3n) is 6.00. The number of sulfonamides is 1. The number of carbonyl (C=O) groups is 2. The minimum absolute atomic E-state index is 0.0787. The molecule has 208 valence electrons. The van der Waals surface area contributed by atoms with Gasteiger partial charge in [0, 0.05) is 24.5 Å². The largest absolute Gasteiger partial charge is 0.492 e. The summed E-state index contributed by atoms with van der Waals surface area (Å²) in [4.78, 5) is 28.8. The number of hydrogen-bond donors (Lipinski definition) is 1. The third-order valence-corrected chi connectivity index (χ3v) is 7.38. The smallest absolute Gasteiger partial charge is 0.244 e. The summed E-state index contributed by atoms with van der Waals surface area (Å²) in [5, 5.41) is 3.37. The fraction of sp³-hybridized carbons (Fsp3) is 0.310. The predicted octanol–water partition coefficient (Wildman–Crippen LogP) is 4.28. The van der Waals surface area contributed by atoms with Crippen LogP contribution in [-0.2, 0) is 32.6 Å². The molecule has 1 atom stereocenters. The van der Waals surface area contributed by atoms with Gasteiger partial charge < -0.3 is 15.0 Å². The Morgan fingerprint density at radius 1 is 0.923 bits per heavy atom. The van der Waals surface area contributed by atoms with E-state index in [1.165, 1.54) is 4.90 Å². The number of para-hydroxylation sites is 2. The van der Waals surface area contributed by atoms with Crippen LogP contribution in [0.4, 0.5) is 5.69 Å². The van der Waals surface area contributed by atoms with E-state index in [0.29, 0.717) is 23.9 Å². The zero-order valence-corrected chi connectivity index (χ0v) is 23.9. The molecule has 0 aliphatic heterocycles. The minimum Gasteiger partial charge on any atom is -0.492 e. The highest BCUT2D eigenvalue weighted by molar-refractivity contribution is 7.92. The molecule has 0 aliphatic rings. The van der Waals surface area contributed by atoms with Gasteiger partial charge in [0.1, 0.15) is 18.3 Å². The molecule has 3 rings (SSSR count). The topological polar surface area (TPSA) is 96.0 Å². The SMILES string of the molecule is CCNC(=O)[C@@H](Cc1ccccc1)N(Cc1ccc(Cl)cc1)C(=O)CN(c1ccccc1OCC)S(C)(=O)=O. The van der Waals surface area contributed by atoms with E-state index >= 15 is 0 Å². The van der Waals surface area contributed by atoms with Gasteiger partial charge in [-0.15, -0.1) is 0 Å². The zero-order chi connectivity index (χ0) is 28.4. The van der Waals surface area contributed by atoms with Crippen LogP contribution in [0.2, 0.25) is 5.02 Å². The van der Waals surface area contributed by atoms with Crippen molar-refractivity contribution in [2.75, 3.05) is 30.3 Å². The van der Waals surface area contributed by atoms with Crippen molar-refractivity contribution in [3.63, 3.8) is 0 Å². The highest BCUT2D eigenvalue weighted by Gasteiger charge is 2.33. The summed E-state index contributed by atoms with van der Waals surface area (Å²) in [5.74, 6) is -0.523. The van der Waals surface area contributed by atoms with Gasteiger partial charge in [0.2, 0.25) is 21.8 Å². The maximum atomic E-state index is 14.0. The van der Waals surface area contributed by atoms with Crippen molar-refractivity contribution < 1.29 is 22.7 Å². The molecule has 0 spiro atoms. The lowest BCUT2D eigenvalue weighted by molar-refractivity contribution is -0.140. The number of carbonyl (C=O) groups excluding carboxylic acids is 2. The monoisotopic (exact) mass is 571 g/mol. The van der Waals surface area contributed by atoms with Crippen LogP contribution in [0, 0.1) is 0 Å². The van der Waals surface area contributed by atoms with Crippen LogP contribution in [0.5, 0.6) is 5.75 Å². The first-order valence-corrected chi connectivity index (χ1v) is 14.9. The lowest BCUT2D eigenvalue weighted by Crippen LogP contribution is -2.53. The summed E-state index contributed by atoms with van der Waals surface area (Å²) in [6.45, 7) is 3.86. The van der Waals surface area contributed by atoms with Crippen LogP contribution in [-0.4, -0.2) is 57.1 Å². The first-order chi connectivity index (χ1) is 18.6. The second-order valence-electron chi connectivity index (χ2n) is 8.92. The van der Waals surface area contributed by atoms with E-state index in [2.05, 4.69) is 5.32 Å². The summed E-state index contributed by atoms with van der Waals surface area (Å²) in [7, 11) is -3.89. The summed E-state index contributed by atoms with van der Waals surface area (Å²) >= 11 is 6.07. The number of anilines is 1. The maximum absolute atomic E-state index is 14.0. The van der Waals surface area contributed by atoms with Crippen molar-refractivity contribution >= 4 is 39.1 Å². The predicted molar refractivity (Wildman–Crippen MR) is 154 cm³/mol. The number of nitrogens with zero attached hydrogens (tertiary/aromatic N) is 2. The van der Waals surface area contributed by atoms with Gasteiger partial charge in [-0.3, -0.25) is 13.9 Å². The number of hydrogen-bond acceptors (Lipinski definition) is 5. The Bertz CT molecular complexity index is 1350. The van der Waals surface area contributed by atoms with Crippen LogP contribution < -0.4 is 14.4 Å². The number of nitrogens with one attached hydrogen (secondary N) is 1. The van der Waals surface area contributed by atoms with E-state index in [1.807, 2.05) is 30.3 Å². The molecule has 39 heavy (non-hydrogen) atoms. The maximum Gasteiger partial charge on any atom is 0.244 e. The molecule has 0 saturated heterocycles. The molecule has 1 N–H and O–H groups in total. The normalized spacial score (nSPS) is 11.9. The molecule has 0 bridgehead atoms. The van der Waals surface area contributed by atoms with Crippen LogP contribution >= 0.6 is 11.6 Å². The Balaban J connectivity index is 2.05. The molecule has 0 heterocycles. The van der Waals surface area contributed by atoms with Crippen molar-refractivity contribution in [3.8, 4) is 5.75 Å². The Hall–Kier alpha value is -3.56. The van der Waals surface area contributed by atoms with Crippen LogP contribution in [0.3, 0.4) is 0 Å². The molecule has 8 nitrogen and oxygen atoms in total. The minimum atomic E-state index is -3.89. The standard InChI is InChI=1S/C29H34ClN3O5S/c1-4-31-29(35)26(19-22-11-7-6-8-12-22)32(20-23-15-17-24(30)18-16-23)28(34)21-33(39(3,36)37)25-13-9-10-14-27(25)38-5-2/h6-18,26H,4-5,19-21H2,1-3H3,(H,31,35)/t26-/m1/s1. The molecule has 0 unspecified atom stereocenters. The zero-order valence-electron chi connectivity index (χ0n) is 22.3. The molecule has 0 fully saturated rings. The van der Waals surface area contributed by atoms with Crippen LogP contribution in [0.1, 0.15) is 25.0 Å². The van der Waals surface area contributed by atoms with E-state index in [1.54, 1.807) is 62.4 Å². The molecule has 0 radical (unpaired) electrons. The van der Waals surface area contributed by atoms with E-state index in [0.717, 1.165) is 21.7 Å². The molecule has 10 heteroatoms. The Morgan fingerprint density at radius 3 is 2.18 bits per heavy atom. The lowest BCUT2D eigenvalue weighted by atomic mass is 10.0. The third kappa shape index (κ3) is 8.46. The van der Waals surface area contributed by atoms with Gasteiger partial charge in [-0.05, 0) is 49.2 Å². The number of halogens is 1. The van der Waals surface area contributed by atoms with Gasteiger partial charge in [-0.1, -0.05) is 66.2 Å².